The van der Waals surface area contributed by atoms with Gasteiger partial charge in [-0.15, -0.1) is 12.3 Å². The zero-order valence-corrected chi connectivity index (χ0v) is 15.8. The van der Waals surface area contributed by atoms with Gasteiger partial charge in [-0.1, -0.05) is 0 Å². The second-order valence-corrected chi connectivity index (χ2v) is 6.94. The summed E-state index contributed by atoms with van der Waals surface area (Å²) < 4.78 is 40.4. The second kappa shape index (κ2) is 8.74. The Bertz CT molecular complexity index is 739. The van der Waals surface area contributed by atoms with E-state index < -0.39 is 16.2 Å². The van der Waals surface area contributed by atoms with E-state index in [4.69, 9.17) is 20.1 Å². The molecular weight excluding hydrogens is 346 g/mol. The van der Waals surface area contributed by atoms with E-state index in [-0.39, 0.29) is 28.7 Å². The number of benzene rings is 1. The minimum Gasteiger partial charge on any atom is -0.495 e. The van der Waals surface area contributed by atoms with Crippen LogP contribution in [0.15, 0.2) is 17.0 Å². The van der Waals surface area contributed by atoms with Gasteiger partial charge in [0, 0.05) is 32.0 Å². The average molecular weight is 369 g/mol. The van der Waals surface area contributed by atoms with Crippen LogP contribution in [0.2, 0.25) is 0 Å². The van der Waals surface area contributed by atoms with E-state index in [0.717, 1.165) is 0 Å². The van der Waals surface area contributed by atoms with Crippen LogP contribution in [0.5, 0.6) is 11.5 Å². The number of methoxy groups -OCH3 is 2. The smallest absolute Gasteiger partial charge is 0.304 e. The number of rotatable bonds is 8. The molecule has 7 nitrogen and oxygen atoms in total. The van der Waals surface area contributed by atoms with Gasteiger partial charge in [0.15, 0.2) is 4.90 Å². The highest BCUT2D eigenvalue weighted by Crippen LogP contribution is 2.39. The Morgan fingerprint density at radius 2 is 1.76 bits per heavy atom. The third kappa shape index (κ3) is 5.11. The summed E-state index contributed by atoms with van der Waals surface area (Å²) in [4.78, 5) is 13.3. The number of terminal acetylenes is 1. The molecular formula is C17H23NO6S. The zero-order chi connectivity index (χ0) is 19.2. The van der Waals surface area contributed by atoms with Crippen LogP contribution in [-0.2, 0) is 19.1 Å². The van der Waals surface area contributed by atoms with Crippen molar-refractivity contribution in [3.8, 4) is 23.8 Å². The van der Waals surface area contributed by atoms with Gasteiger partial charge in [0.1, 0.15) is 11.5 Å². The standard InChI is InChI=1S/C17H23NO6S/c1-7-8-9-16(19)18(4)13-10-14(22-5)17(15(11-13)23-6)25(20,21)24-12(2)3/h1,10-12H,8-9H2,2-6H3. The lowest BCUT2D eigenvalue weighted by Gasteiger charge is -2.21. The predicted molar refractivity (Wildman–Crippen MR) is 94.4 cm³/mol. The van der Waals surface area contributed by atoms with Gasteiger partial charge in [-0.2, -0.15) is 8.42 Å². The molecule has 1 aromatic rings. The first-order valence-electron chi connectivity index (χ1n) is 7.57. The van der Waals surface area contributed by atoms with Crippen LogP contribution < -0.4 is 14.4 Å². The van der Waals surface area contributed by atoms with E-state index in [1.165, 1.54) is 31.3 Å². The highest BCUT2D eigenvalue weighted by Gasteiger charge is 2.29. The largest absolute Gasteiger partial charge is 0.495 e. The fourth-order valence-electron chi connectivity index (χ4n) is 2.10. The van der Waals surface area contributed by atoms with Crippen LogP contribution in [0.3, 0.4) is 0 Å². The molecule has 1 amide bonds. The Morgan fingerprint density at radius 3 is 2.16 bits per heavy atom. The van der Waals surface area contributed by atoms with Crippen molar-refractivity contribution in [2.75, 3.05) is 26.2 Å². The molecule has 25 heavy (non-hydrogen) atoms. The summed E-state index contributed by atoms with van der Waals surface area (Å²) in [5.41, 5.74) is 0.416. The minimum absolute atomic E-state index is 0.0200. The SMILES string of the molecule is C#CCCC(=O)N(C)c1cc(OC)c(S(=O)(=O)OC(C)C)c(OC)c1. The van der Waals surface area contributed by atoms with Crippen molar-refractivity contribution < 1.29 is 26.9 Å². The molecule has 0 saturated heterocycles. The minimum atomic E-state index is -4.10. The Labute approximate surface area is 149 Å². The van der Waals surface area contributed by atoms with Gasteiger partial charge in [-0.25, -0.2) is 0 Å². The molecule has 1 aromatic carbocycles. The third-order valence-corrected chi connectivity index (χ3v) is 4.80. The van der Waals surface area contributed by atoms with Gasteiger partial charge in [-0.3, -0.25) is 8.98 Å². The van der Waals surface area contributed by atoms with E-state index in [1.54, 1.807) is 20.9 Å². The zero-order valence-electron chi connectivity index (χ0n) is 15.0. The topological polar surface area (TPSA) is 82.1 Å². The molecule has 0 spiro atoms. The maximum atomic E-state index is 12.5. The Morgan fingerprint density at radius 1 is 1.24 bits per heavy atom. The van der Waals surface area contributed by atoms with Crippen LogP contribution in [0.1, 0.15) is 26.7 Å². The molecule has 0 radical (unpaired) electrons. The van der Waals surface area contributed by atoms with Crippen molar-refractivity contribution in [2.45, 2.75) is 37.7 Å². The number of nitrogens with zero attached hydrogens (tertiary/aromatic N) is 1. The van der Waals surface area contributed by atoms with Gasteiger partial charge in [0.05, 0.1) is 26.0 Å². The number of carbonyl (C=O) groups is 1. The summed E-state index contributed by atoms with van der Waals surface area (Å²) in [6, 6.07) is 2.87. The summed E-state index contributed by atoms with van der Waals surface area (Å²) in [5.74, 6) is 2.23. The highest BCUT2D eigenvalue weighted by molar-refractivity contribution is 7.87. The van der Waals surface area contributed by atoms with Gasteiger partial charge >= 0.3 is 10.1 Å². The van der Waals surface area contributed by atoms with E-state index in [2.05, 4.69) is 5.92 Å². The predicted octanol–water partition coefficient (Wildman–Crippen LogP) is 2.19. The maximum absolute atomic E-state index is 12.5. The molecule has 0 saturated carbocycles. The number of anilines is 1. The number of ether oxygens (including phenoxy) is 2. The molecule has 138 valence electrons. The normalized spacial score (nSPS) is 11.1. The van der Waals surface area contributed by atoms with Crippen LogP contribution in [0.25, 0.3) is 0 Å². The summed E-state index contributed by atoms with van der Waals surface area (Å²) in [5, 5.41) is 0. The van der Waals surface area contributed by atoms with E-state index >= 15 is 0 Å². The Hall–Kier alpha value is -2.24. The van der Waals surface area contributed by atoms with Gasteiger partial charge in [0.25, 0.3) is 0 Å². The van der Waals surface area contributed by atoms with Gasteiger partial charge < -0.3 is 14.4 Å². The molecule has 0 unspecified atom stereocenters. The van der Waals surface area contributed by atoms with Crippen molar-refractivity contribution in [3.63, 3.8) is 0 Å². The molecule has 0 bridgehead atoms. The first-order valence-corrected chi connectivity index (χ1v) is 8.98. The van der Waals surface area contributed by atoms with Crippen LogP contribution in [-0.4, -0.2) is 41.7 Å². The molecule has 0 aliphatic carbocycles. The number of amides is 1. The molecule has 0 atom stereocenters. The molecule has 0 N–H and O–H groups in total. The van der Waals surface area contributed by atoms with Crippen molar-refractivity contribution >= 4 is 21.7 Å². The molecule has 0 aromatic heterocycles. The number of hydrogen-bond acceptors (Lipinski definition) is 6. The van der Waals surface area contributed by atoms with Crippen LogP contribution in [0, 0.1) is 12.3 Å². The third-order valence-electron chi connectivity index (χ3n) is 3.26. The van der Waals surface area contributed by atoms with Gasteiger partial charge in [-0.05, 0) is 13.8 Å². The fourth-order valence-corrected chi connectivity index (χ4v) is 3.48. The molecule has 0 heterocycles. The monoisotopic (exact) mass is 369 g/mol. The summed E-state index contributed by atoms with van der Waals surface area (Å²) >= 11 is 0. The van der Waals surface area contributed by atoms with E-state index in [1.807, 2.05) is 0 Å². The van der Waals surface area contributed by atoms with Crippen molar-refractivity contribution in [1.82, 2.24) is 0 Å². The van der Waals surface area contributed by atoms with Crippen molar-refractivity contribution in [1.29, 1.82) is 0 Å². The summed E-state index contributed by atoms with van der Waals surface area (Å²) in [7, 11) is 0.112. The lowest BCUT2D eigenvalue weighted by molar-refractivity contribution is -0.118. The average Bonchev–Trinajstić information content (AvgIpc) is 2.56. The van der Waals surface area contributed by atoms with Crippen LogP contribution >= 0.6 is 0 Å². The highest BCUT2D eigenvalue weighted by atomic mass is 32.2. The molecule has 0 fully saturated rings. The first-order chi connectivity index (χ1) is 11.7. The second-order valence-electron chi connectivity index (χ2n) is 5.44. The Kier molecular flexibility index (Phi) is 7.27. The van der Waals surface area contributed by atoms with E-state index in [9.17, 15) is 13.2 Å². The van der Waals surface area contributed by atoms with E-state index in [0.29, 0.717) is 12.1 Å². The Balaban J connectivity index is 3.41. The summed E-state index contributed by atoms with van der Waals surface area (Å²) in [6.45, 7) is 3.20. The number of carbonyl (C=O) groups excluding carboxylic acids is 1. The quantitative estimate of drug-likeness (QED) is 0.516. The molecule has 0 aliphatic rings. The van der Waals surface area contributed by atoms with Crippen LogP contribution in [0.4, 0.5) is 5.69 Å². The molecule has 0 aliphatic heterocycles. The number of hydrogen-bond donors (Lipinski definition) is 0. The first kappa shape index (κ1) is 20.8. The lowest BCUT2D eigenvalue weighted by Crippen LogP contribution is -2.26. The van der Waals surface area contributed by atoms with Gasteiger partial charge in [0.2, 0.25) is 5.91 Å². The fraction of sp³-hybridized carbons (Fsp3) is 0.471. The van der Waals surface area contributed by atoms with Crippen molar-refractivity contribution in [2.24, 2.45) is 0 Å². The summed E-state index contributed by atoms with van der Waals surface area (Å²) in [6.07, 6.45) is 5.11. The molecule has 1 rings (SSSR count). The van der Waals surface area contributed by atoms with Crippen molar-refractivity contribution in [3.05, 3.63) is 12.1 Å². The maximum Gasteiger partial charge on any atom is 0.304 e. The lowest BCUT2D eigenvalue weighted by atomic mass is 10.2. The molecule has 8 heteroatoms.